The average molecular weight is 380 g/mol. The van der Waals surface area contributed by atoms with Gasteiger partial charge in [0.1, 0.15) is 16.6 Å². The Morgan fingerprint density at radius 2 is 2.04 bits per heavy atom. The molecular weight excluding hydrogens is 362 g/mol. The summed E-state index contributed by atoms with van der Waals surface area (Å²) in [6, 6.07) is 16.2. The first-order valence-electron chi connectivity index (χ1n) is 8.29. The number of rotatable bonds is 5. The topological polar surface area (TPSA) is 48.7 Å². The summed E-state index contributed by atoms with van der Waals surface area (Å²) in [6.07, 6.45) is 2.69. The second-order valence-corrected chi connectivity index (χ2v) is 7.16. The molecular formula is C21H18ClN3S. The summed E-state index contributed by atoms with van der Waals surface area (Å²) in [4.78, 5) is 4.62. The SMILES string of the molecule is CCc1ccc(-c2csc(/C(C#N)=C/Nc3cc(Cl)ccc3C)n2)cc1. The van der Waals surface area contributed by atoms with Gasteiger partial charge in [-0.25, -0.2) is 4.98 Å². The molecule has 2 aromatic carbocycles. The van der Waals surface area contributed by atoms with Gasteiger partial charge in [0, 0.05) is 27.9 Å². The van der Waals surface area contributed by atoms with Crippen LogP contribution in [0.1, 0.15) is 23.1 Å². The monoisotopic (exact) mass is 379 g/mol. The maximum absolute atomic E-state index is 9.51. The fourth-order valence-electron chi connectivity index (χ4n) is 2.48. The number of hydrogen-bond donors (Lipinski definition) is 1. The highest BCUT2D eigenvalue weighted by Crippen LogP contribution is 2.27. The van der Waals surface area contributed by atoms with Crippen molar-refractivity contribution in [2.75, 3.05) is 5.32 Å². The Bertz CT molecular complexity index is 981. The van der Waals surface area contributed by atoms with Crippen LogP contribution in [0.3, 0.4) is 0 Å². The Labute approximate surface area is 162 Å². The number of aryl methyl sites for hydroxylation is 2. The molecule has 1 aromatic heterocycles. The highest BCUT2D eigenvalue weighted by molar-refractivity contribution is 7.11. The molecule has 5 heteroatoms. The number of aromatic nitrogens is 1. The fraction of sp³-hybridized carbons (Fsp3) is 0.143. The molecule has 130 valence electrons. The van der Waals surface area contributed by atoms with Crippen LogP contribution in [0.15, 0.2) is 54.0 Å². The standard InChI is InChI=1S/C21H18ClN3S/c1-3-15-5-7-16(8-6-15)20-13-26-21(25-20)17(11-23)12-24-19-10-18(22)9-4-14(19)2/h4-10,12-13,24H,3H2,1-2H3/b17-12+. The van der Waals surface area contributed by atoms with Crippen LogP contribution < -0.4 is 5.32 Å². The molecule has 0 aliphatic rings. The predicted molar refractivity (Wildman–Crippen MR) is 110 cm³/mol. The Kier molecular flexibility index (Phi) is 5.72. The largest absolute Gasteiger partial charge is 0.360 e. The third-order valence-electron chi connectivity index (χ3n) is 4.08. The predicted octanol–water partition coefficient (Wildman–Crippen LogP) is 6.31. The molecule has 0 amide bonds. The van der Waals surface area contributed by atoms with E-state index in [-0.39, 0.29) is 0 Å². The van der Waals surface area contributed by atoms with E-state index in [1.165, 1.54) is 16.9 Å². The first-order chi connectivity index (χ1) is 12.6. The zero-order valence-electron chi connectivity index (χ0n) is 14.6. The van der Waals surface area contributed by atoms with Crippen LogP contribution in [0, 0.1) is 18.3 Å². The number of allylic oxidation sites excluding steroid dienone is 1. The summed E-state index contributed by atoms with van der Waals surface area (Å²) in [6.45, 7) is 4.12. The lowest BCUT2D eigenvalue weighted by molar-refractivity contribution is 1.14. The van der Waals surface area contributed by atoms with E-state index < -0.39 is 0 Å². The number of benzene rings is 2. The molecule has 0 radical (unpaired) electrons. The molecule has 0 fully saturated rings. The van der Waals surface area contributed by atoms with Crippen molar-refractivity contribution in [1.82, 2.24) is 4.98 Å². The van der Waals surface area contributed by atoms with Gasteiger partial charge in [0.25, 0.3) is 0 Å². The third-order valence-corrected chi connectivity index (χ3v) is 5.20. The van der Waals surface area contributed by atoms with Crippen molar-refractivity contribution in [2.24, 2.45) is 0 Å². The molecule has 0 aliphatic heterocycles. The van der Waals surface area contributed by atoms with E-state index in [0.717, 1.165) is 28.9 Å². The van der Waals surface area contributed by atoms with Crippen LogP contribution in [0.2, 0.25) is 5.02 Å². The highest BCUT2D eigenvalue weighted by Gasteiger charge is 2.09. The maximum Gasteiger partial charge on any atom is 0.136 e. The minimum atomic E-state index is 0.491. The highest BCUT2D eigenvalue weighted by atomic mass is 35.5. The van der Waals surface area contributed by atoms with Crippen LogP contribution in [0.4, 0.5) is 5.69 Å². The van der Waals surface area contributed by atoms with E-state index in [4.69, 9.17) is 11.6 Å². The van der Waals surface area contributed by atoms with Crippen LogP contribution >= 0.6 is 22.9 Å². The number of nitrogens with zero attached hydrogens (tertiary/aromatic N) is 2. The first-order valence-corrected chi connectivity index (χ1v) is 9.54. The Hall–Kier alpha value is -2.61. The van der Waals surface area contributed by atoms with Crippen molar-refractivity contribution in [3.05, 3.63) is 75.2 Å². The number of halogens is 1. The molecule has 0 atom stereocenters. The van der Waals surface area contributed by atoms with Crippen LogP contribution in [0.25, 0.3) is 16.8 Å². The van der Waals surface area contributed by atoms with Gasteiger partial charge >= 0.3 is 0 Å². The number of nitriles is 1. The quantitative estimate of drug-likeness (QED) is 0.528. The normalized spacial score (nSPS) is 11.2. The minimum Gasteiger partial charge on any atom is -0.360 e. The molecule has 0 saturated heterocycles. The average Bonchev–Trinajstić information content (AvgIpc) is 3.15. The van der Waals surface area contributed by atoms with E-state index in [0.29, 0.717) is 15.6 Å². The van der Waals surface area contributed by atoms with Crippen molar-refractivity contribution in [1.29, 1.82) is 5.26 Å². The number of anilines is 1. The van der Waals surface area contributed by atoms with Crippen LogP contribution in [-0.2, 0) is 6.42 Å². The molecule has 1 N–H and O–H groups in total. The summed E-state index contributed by atoms with van der Waals surface area (Å²) in [5, 5.41) is 16.0. The maximum atomic E-state index is 9.51. The summed E-state index contributed by atoms with van der Waals surface area (Å²) in [5.74, 6) is 0. The van der Waals surface area contributed by atoms with E-state index in [1.54, 1.807) is 6.20 Å². The summed E-state index contributed by atoms with van der Waals surface area (Å²) in [7, 11) is 0. The number of nitrogens with one attached hydrogen (secondary N) is 1. The van der Waals surface area contributed by atoms with Gasteiger partial charge in [-0.15, -0.1) is 11.3 Å². The lowest BCUT2D eigenvalue weighted by Gasteiger charge is -2.06. The molecule has 3 nitrogen and oxygen atoms in total. The molecule has 0 spiro atoms. The van der Waals surface area contributed by atoms with Crippen LogP contribution in [-0.4, -0.2) is 4.98 Å². The van der Waals surface area contributed by atoms with Crippen molar-refractivity contribution < 1.29 is 0 Å². The molecule has 3 rings (SSSR count). The fourth-order valence-corrected chi connectivity index (χ4v) is 3.45. The summed E-state index contributed by atoms with van der Waals surface area (Å²) < 4.78 is 0. The second kappa shape index (κ2) is 8.18. The van der Waals surface area contributed by atoms with E-state index >= 15 is 0 Å². The van der Waals surface area contributed by atoms with E-state index in [2.05, 4.69) is 47.6 Å². The van der Waals surface area contributed by atoms with Crippen molar-refractivity contribution in [3.63, 3.8) is 0 Å². The molecule has 3 aromatic rings. The zero-order chi connectivity index (χ0) is 18.5. The molecule has 26 heavy (non-hydrogen) atoms. The zero-order valence-corrected chi connectivity index (χ0v) is 16.2. The van der Waals surface area contributed by atoms with Gasteiger partial charge in [0.15, 0.2) is 0 Å². The molecule has 0 aliphatic carbocycles. The first kappa shape index (κ1) is 18.2. The van der Waals surface area contributed by atoms with Gasteiger partial charge in [0.2, 0.25) is 0 Å². The van der Waals surface area contributed by atoms with Crippen molar-refractivity contribution >= 4 is 34.2 Å². The van der Waals surface area contributed by atoms with Gasteiger partial charge < -0.3 is 5.32 Å². The number of hydrogen-bond acceptors (Lipinski definition) is 4. The van der Waals surface area contributed by atoms with Crippen LogP contribution in [0.5, 0.6) is 0 Å². The lowest BCUT2D eigenvalue weighted by Crippen LogP contribution is -1.93. The Morgan fingerprint density at radius 1 is 1.27 bits per heavy atom. The van der Waals surface area contributed by atoms with E-state index in [1.807, 2.05) is 30.5 Å². The smallest absolute Gasteiger partial charge is 0.136 e. The van der Waals surface area contributed by atoms with Gasteiger partial charge in [-0.3, -0.25) is 0 Å². The molecule has 0 unspecified atom stereocenters. The molecule has 0 bridgehead atoms. The van der Waals surface area contributed by atoms with E-state index in [9.17, 15) is 5.26 Å². The molecule has 0 saturated carbocycles. The van der Waals surface area contributed by atoms with Crippen molar-refractivity contribution in [3.8, 4) is 17.3 Å². The van der Waals surface area contributed by atoms with Gasteiger partial charge in [-0.2, -0.15) is 5.26 Å². The van der Waals surface area contributed by atoms with Gasteiger partial charge in [0.05, 0.1) is 5.69 Å². The number of thiazole rings is 1. The van der Waals surface area contributed by atoms with Gasteiger partial charge in [-0.05, 0) is 36.6 Å². The minimum absolute atomic E-state index is 0.491. The Morgan fingerprint density at radius 3 is 2.73 bits per heavy atom. The summed E-state index contributed by atoms with van der Waals surface area (Å²) >= 11 is 7.50. The molecule has 1 heterocycles. The lowest BCUT2D eigenvalue weighted by atomic mass is 10.1. The Balaban J connectivity index is 1.83. The van der Waals surface area contributed by atoms with Crippen molar-refractivity contribution in [2.45, 2.75) is 20.3 Å². The third kappa shape index (κ3) is 4.13. The van der Waals surface area contributed by atoms with Gasteiger partial charge in [-0.1, -0.05) is 48.9 Å². The second-order valence-electron chi connectivity index (χ2n) is 5.86. The summed E-state index contributed by atoms with van der Waals surface area (Å²) in [5.41, 5.74) is 5.65.